The van der Waals surface area contributed by atoms with E-state index in [9.17, 15) is 4.79 Å². The fourth-order valence-electron chi connectivity index (χ4n) is 3.86. The fraction of sp³-hybridized carbons (Fsp3) is 0.812. The minimum Gasteiger partial charge on any atom is -0.356 e. The number of hydrogen-bond acceptors (Lipinski definition) is 4. The number of nitrogens with zero attached hydrogens (tertiary/aromatic N) is 2. The Kier molecular flexibility index (Phi) is 2.50. The molecule has 0 aromatic rings. The summed E-state index contributed by atoms with van der Waals surface area (Å²) >= 11 is 0. The van der Waals surface area contributed by atoms with Crippen LogP contribution in [0.15, 0.2) is 21.9 Å². The Balaban J connectivity index is 2.20. The first-order valence-corrected chi connectivity index (χ1v) is 7.36. The minimum atomic E-state index is -0.752. The molecule has 0 aromatic carbocycles. The van der Waals surface area contributed by atoms with Crippen molar-refractivity contribution in [3.63, 3.8) is 0 Å². The molecule has 0 unspecified atom stereocenters. The zero-order valence-electron chi connectivity index (χ0n) is 13.3. The van der Waals surface area contributed by atoms with Gasteiger partial charge >= 0.3 is 0 Å². The molecule has 1 spiro atoms. The molecule has 0 aromatic heterocycles. The lowest BCUT2D eigenvalue weighted by Gasteiger charge is -2.46. The second-order valence-corrected chi connectivity index (χ2v) is 8.32. The number of ether oxygens (including phenoxy) is 1. The number of ketones is 1. The third kappa shape index (κ3) is 1.49. The summed E-state index contributed by atoms with van der Waals surface area (Å²) in [6.07, 6.45) is 2.24. The van der Waals surface area contributed by atoms with Crippen molar-refractivity contribution in [3.05, 3.63) is 11.6 Å². The first kappa shape index (κ1) is 13.9. The Hall–Kier alpha value is -1.03. The highest BCUT2D eigenvalue weighted by molar-refractivity contribution is 6.03. The molecule has 0 bridgehead atoms. The van der Waals surface area contributed by atoms with Crippen LogP contribution in [0.2, 0.25) is 0 Å². The molecule has 3 atom stereocenters. The third-order valence-corrected chi connectivity index (χ3v) is 4.94. The van der Waals surface area contributed by atoms with Crippen LogP contribution in [0.25, 0.3) is 0 Å². The standard InChI is InChI=1S/C16H24N2O2/c1-13(2,3)11-7-10-8-17-18-16(10,14(4,5)6)12(19)15(11)9-20-15/h7,10H,8-9H2,1-6H3/t10-,15-,16+/m1/s1. The Morgan fingerprint density at radius 3 is 2.30 bits per heavy atom. The summed E-state index contributed by atoms with van der Waals surface area (Å²) in [6.45, 7) is 13.8. The molecule has 1 aliphatic carbocycles. The maximum absolute atomic E-state index is 13.3. The number of epoxide rings is 1. The van der Waals surface area contributed by atoms with Gasteiger partial charge in [-0.05, 0) is 16.4 Å². The summed E-state index contributed by atoms with van der Waals surface area (Å²) in [5.41, 5.74) is -0.692. The second kappa shape index (κ2) is 3.59. The highest BCUT2D eigenvalue weighted by Gasteiger charge is 2.71. The van der Waals surface area contributed by atoms with Crippen molar-refractivity contribution in [2.75, 3.05) is 13.2 Å². The van der Waals surface area contributed by atoms with Gasteiger partial charge in [-0.15, -0.1) is 0 Å². The molecule has 2 heterocycles. The molecule has 0 radical (unpaired) electrons. The molecule has 0 N–H and O–H groups in total. The van der Waals surface area contributed by atoms with E-state index in [0.29, 0.717) is 13.2 Å². The Labute approximate surface area is 120 Å². The van der Waals surface area contributed by atoms with Crippen LogP contribution in [0.3, 0.4) is 0 Å². The van der Waals surface area contributed by atoms with Crippen LogP contribution in [0, 0.1) is 16.7 Å². The lowest BCUT2D eigenvalue weighted by molar-refractivity contribution is -0.134. The maximum atomic E-state index is 13.3. The fourth-order valence-corrected chi connectivity index (χ4v) is 3.86. The number of hydrogen-bond donors (Lipinski definition) is 0. The van der Waals surface area contributed by atoms with Crippen molar-refractivity contribution >= 4 is 5.78 Å². The van der Waals surface area contributed by atoms with Crippen molar-refractivity contribution in [2.45, 2.75) is 52.7 Å². The molecule has 3 rings (SSSR count). The number of azo groups is 1. The van der Waals surface area contributed by atoms with Crippen LogP contribution in [0.4, 0.5) is 0 Å². The average molecular weight is 276 g/mol. The third-order valence-electron chi connectivity index (χ3n) is 4.94. The van der Waals surface area contributed by atoms with Crippen LogP contribution in [-0.2, 0) is 9.53 Å². The average Bonchev–Trinajstić information content (AvgIpc) is 2.92. The van der Waals surface area contributed by atoms with E-state index in [-0.39, 0.29) is 22.5 Å². The molecule has 2 aliphatic heterocycles. The minimum absolute atomic E-state index is 0.0686. The second-order valence-electron chi connectivity index (χ2n) is 8.32. The Morgan fingerprint density at radius 1 is 1.25 bits per heavy atom. The zero-order valence-corrected chi connectivity index (χ0v) is 13.3. The molecule has 3 aliphatic rings. The van der Waals surface area contributed by atoms with Crippen molar-refractivity contribution < 1.29 is 9.53 Å². The number of fused-ring (bicyclic) bond motifs is 1. The first-order valence-electron chi connectivity index (χ1n) is 7.36. The molecule has 4 heteroatoms. The Bertz CT molecular complexity index is 530. The van der Waals surface area contributed by atoms with Crippen LogP contribution in [0.1, 0.15) is 41.5 Å². The highest BCUT2D eigenvalue weighted by Crippen LogP contribution is 2.58. The molecule has 4 nitrogen and oxygen atoms in total. The van der Waals surface area contributed by atoms with Crippen molar-refractivity contribution in [2.24, 2.45) is 27.0 Å². The van der Waals surface area contributed by atoms with E-state index < -0.39 is 11.1 Å². The van der Waals surface area contributed by atoms with Crippen molar-refractivity contribution in [3.8, 4) is 0 Å². The van der Waals surface area contributed by atoms with E-state index in [2.05, 4.69) is 57.8 Å². The van der Waals surface area contributed by atoms with Crippen LogP contribution < -0.4 is 0 Å². The summed E-state index contributed by atoms with van der Waals surface area (Å²) in [5, 5.41) is 8.68. The number of Topliss-reactive ketones (excluding diaryl/α,β-unsaturated/α-hetero) is 1. The van der Waals surface area contributed by atoms with Gasteiger partial charge in [0.1, 0.15) is 0 Å². The predicted molar refractivity (Wildman–Crippen MR) is 76.6 cm³/mol. The van der Waals surface area contributed by atoms with Gasteiger partial charge < -0.3 is 4.74 Å². The van der Waals surface area contributed by atoms with E-state index in [0.717, 1.165) is 5.57 Å². The number of rotatable bonds is 0. The van der Waals surface area contributed by atoms with Gasteiger partial charge in [0, 0.05) is 5.92 Å². The van der Waals surface area contributed by atoms with Crippen LogP contribution in [0.5, 0.6) is 0 Å². The smallest absolute Gasteiger partial charge is 0.201 e. The normalized spacial score (nSPS) is 40.0. The Morgan fingerprint density at radius 2 is 1.85 bits per heavy atom. The molecule has 1 fully saturated rings. The van der Waals surface area contributed by atoms with Gasteiger partial charge in [0.25, 0.3) is 0 Å². The van der Waals surface area contributed by atoms with Crippen LogP contribution in [-0.4, -0.2) is 30.1 Å². The van der Waals surface area contributed by atoms with Crippen molar-refractivity contribution in [1.82, 2.24) is 0 Å². The van der Waals surface area contributed by atoms with Gasteiger partial charge in [-0.25, -0.2) is 0 Å². The summed E-state index contributed by atoms with van der Waals surface area (Å²) in [6, 6.07) is 0. The van der Waals surface area contributed by atoms with E-state index >= 15 is 0 Å². The SMILES string of the molecule is CC(C)(C)C1=C[C@@H]2CN=N[C@]2(C(C)(C)C)C(=O)[C@@]12CO2. The molecule has 110 valence electrons. The summed E-state index contributed by atoms with van der Waals surface area (Å²) < 4.78 is 5.70. The van der Waals surface area contributed by atoms with E-state index in [1.807, 2.05) is 0 Å². The quantitative estimate of drug-likeness (QED) is 0.504. The lowest BCUT2D eigenvalue weighted by atomic mass is 9.56. The van der Waals surface area contributed by atoms with Crippen molar-refractivity contribution in [1.29, 1.82) is 0 Å². The van der Waals surface area contributed by atoms with Gasteiger partial charge in [0.2, 0.25) is 5.78 Å². The number of carbonyl (C=O) groups excluding carboxylic acids is 1. The molecule has 20 heavy (non-hydrogen) atoms. The van der Waals surface area contributed by atoms with Crippen LogP contribution >= 0.6 is 0 Å². The largest absolute Gasteiger partial charge is 0.356 e. The van der Waals surface area contributed by atoms with Gasteiger partial charge in [-0.2, -0.15) is 10.2 Å². The molecular weight excluding hydrogens is 252 g/mol. The van der Waals surface area contributed by atoms with E-state index in [1.165, 1.54) is 0 Å². The zero-order chi connectivity index (χ0) is 15.0. The van der Waals surface area contributed by atoms with E-state index in [4.69, 9.17) is 4.74 Å². The van der Waals surface area contributed by atoms with E-state index in [1.54, 1.807) is 0 Å². The monoisotopic (exact) mass is 276 g/mol. The summed E-state index contributed by atoms with van der Waals surface area (Å²) in [7, 11) is 0. The lowest BCUT2D eigenvalue weighted by Crippen LogP contribution is -2.61. The summed E-state index contributed by atoms with van der Waals surface area (Å²) in [5.74, 6) is 0.190. The summed E-state index contributed by atoms with van der Waals surface area (Å²) in [4.78, 5) is 13.3. The van der Waals surface area contributed by atoms with Gasteiger partial charge in [-0.1, -0.05) is 47.6 Å². The number of carbonyl (C=O) groups is 1. The highest BCUT2D eigenvalue weighted by atomic mass is 16.6. The maximum Gasteiger partial charge on any atom is 0.201 e. The topological polar surface area (TPSA) is 54.3 Å². The molecule has 1 saturated heterocycles. The first-order chi connectivity index (χ1) is 9.06. The van der Waals surface area contributed by atoms with Gasteiger partial charge in [0.15, 0.2) is 11.1 Å². The predicted octanol–water partition coefficient (Wildman–Crippen LogP) is 3.18. The van der Waals surface area contributed by atoms with Gasteiger partial charge in [0.05, 0.1) is 13.2 Å². The molecule has 0 amide bonds. The molecule has 0 saturated carbocycles. The van der Waals surface area contributed by atoms with Gasteiger partial charge in [-0.3, -0.25) is 4.79 Å². The molecular formula is C16H24N2O2.